The van der Waals surface area contributed by atoms with Crippen LogP contribution in [0.4, 0.5) is 17.1 Å². The van der Waals surface area contributed by atoms with E-state index in [0.717, 1.165) is 12.0 Å². The van der Waals surface area contributed by atoms with Crippen LogP contribution < -0.4 is 10.2 Å². The van der Waals surface area contributed by atoms with Gasteiger partial charge in [0.15, 0.2) is 5.58 Å². The first-order valence-corrected chi connectivity index (χ1v) is 11.4. The van der Waals surface area contributed by atoms with E-state index in [-0.39, 0.29) is 11.3 Å². The van der Waals surface area contributed by atoms with Gasteiger partial charge in [0.25, 0.3) is 11.6 Å². The van der Waals surface area contributed by atoms with Gasteiger partial charge in [-0.2, -0.15) is 0 Å². The predicted octanol–water partition coefficient (Wildman–Crippen LogP) is 5.05. The highest BCUT2D eigenvalue weighted by atomic mass is 16.6. The molecule has 1 saturated heterocycles. The number of hydrogen-bond donors (Lipinski definition) is 1. The van der Waals surface area contributed by atoms with Crippen molar-refractivity contribution in [1.82, 2.24) is 4.98 Å². The average molecular weight is 473 g/mol. The average Bonchev–Trinajstić information content (AvgIpc) is 3.32. The number of aryl methyl sites for hydroxylation is 1. The van der Waals surface area contributed by atoms with Gasteiger partial charge in [0, 0.05) is 36.0 Å². The van der Waals surface area contributed by atoms with E-state index >= 15 is 0 Å². The van der Waals surface area contributed by atoms with Crippen LogP contribution in [0.25, 0.3) is 22.6 Å². The molecule has 35 heavy (non-hydrogen) atoms. The smallest absolute Gasteiger partial charge is 0.293 e. The van der Waals surface area contributed by atoms with Crippen LogP contribution in [0, 0.1) is 10.1 Å². The minimum atomic E-state index is -0.461. The zero-order chi connectivity index (χ0) is 24.4. The molecular formula is C26H24N4O5. The first-order valence-electron chi connectivity index (χ1n) is 11.4. The van der Waals surface area contributed by atoms with Crippen molar-refractivity contribution >= 4 is 34.1 Å². The fourth-order valence-electron chi connectivity index (χ4n) is 4.10. The molecule has 1 fully saturated rings. The largest absolute Gasteiger partial charge is 0.436 e. The Morgan fingerprint density at radius 3 is 2.57 bits per heavy atom. The van der Waals surface area contributed by atoms with Crippen molar-refractivity contribution < 1.29 is 18.9 Å². The lowest BCUT2D eigenvalue weighted by Crippen LogP contribution is -2.36. The number of benzene rings is 3. The molecule has 4 aromatic rings. The molecule has 178 valence electrons. The number of nitro groups is 1. The van der Waals surface area contributed by atoms with Gasteiger partial charge in [-0.3, -0.25) is 14.9 Å². The summed E-state index contributed by atoms with van der Waals surface area (Å²) in [5.74, 6) is 0.0558. The Kier molecular flexibility index (Phi) is 6.15. The molecule has 0 spiro atoms. The number of ether oxygens (including phenoxy) is 1. The second-order valence-electron chi connectivity index (χ2n) is 8.27. The molecule has 0 radical (unpaired) electrons. The van der Waals surface area contributed by atoms with E-state index in [1.54, 1.807) is 30.3 Å². The maximum Gasteiger partial charge on any atom is 0.293 e. The quantitative estimate of drug-likeness (QED) is 0.309. The molecule has 3 aromatic carbocycles. The molecular weight excluding hydrogens is 448 g/mol. The molecule has 0 unspecified atom stereocenters. The number of carbonyl (C=O) groups is 1. The molecule has 9 heteroatoms. The highest BCUT2D eigenvalue weighted by Gasteiger charge is 2.23. The molecule has 0 atom stereocenters. The molecule has 1 aliphatic rings. The van der Waals surface area contributed by atoms with Gasteiger partial charge in [-0.25, -0.2) is 4.98 Å². The number of nitro benzene ring substituents is 1. The fourth-order valence-corrected chi connectivity index (χ4v) is 4.10. The van der Waals surface area contributed by atoms with Gasteiger partial charge in [-0.15, -0.1) is 0 Å². The Morgan fingerprint density at radius 1 is 1.09 bits per heavy atom. The molecule has 2 heterocycles. The molecule has 0 saturated carbocycles. The summed E-state index contributed by atoms with van der Waals surface area (Å²) in [4.78, 5) is 30.6. The van der Waals surface area contributed by atoms with Crippen LogP contribution in [0.3, 0.4) is 0 Å². The normalized spacial score (nSPS) is 13.7. The minimum absolute atomic E-state index is 0.106. The van der Waals surface area contributed by atoms with Crippen LogP contribution in [0.5, 0.6) is 0 Å². The van der Waals surface area contributed by atoms with E-state index in [9.17, 15) is 14.9 Å². The van der Waals surface area contributed by atoms with Gasteiger partial charge in [-0.1, -0.05) is 19.1 Å². The minimum Gasteiger partial charge on any atom is -0.436 e. The van der Waals surface area contributed by atoms with Crippen molar-refractivity contribution in [3.8, 4) is 11.5 Å². The van der Waals surface area contributed by atoms with Crippen molar-refractivity contribution in [2.75, 3.05) is 36.5 Å². The summed E-state index contributed by atoms with van der Waals surface area (Å²) in [6, 6.07) is 17.7. The number of nitrogens with zero attached hydrogens (tertiary/aromatic N) is 3. The third-order valence-corrected chi connectivity index (χ3v) is 6.04. The van der Waals surface area contributed by atoms with Gasteiger partial charge in [0.1, 0.15) is 11.2 Å². The van der Waals surface area contributed by atoms with E-state index < -0.39 is 10.8 Å². The Labute approximate surface area is 201 Å². The zero-order valence-corrected chi connectivity index (χ0v) is 19.2. The van der Waals surface area contributed by atoms with Crippen LogP contribution in [-0.2, 0) is 11.2 Å². The lowest BCUT2D eigenvalue weighted by atomic mass is 10.1. The van der Waals surface area contributed by atoms with Crippen LogP contribution >= 0.6 is 0 Å². The van der Waals surface area contributed by atoms with Crippen LogP contribution in [0.1, 0.15) is 22.8 Å². The molecule has 1 aliphatic heterocycles. The summed E-state index contributed by atoms with van der Waals surface area (Å²) >= 11 is 0. The molecule has 0 aliphatic carbocycles. The summed E-state index contributed by atoms with van der Waals surface area (Å²) in [7, 11) is 0. The lowest BCUT2D eigenvalue weighted by molar-refractivity contribution is -0.384. The fraction of sp³-hybridized carbons (Fsp3) is 0.231. The summed E-state index contributed by atoms with van der Waals surface area (Å²) in [6.07, 6.45) is 0.954. The maximum atomic E-state index is 12.9. The molecule has 0 bridgehead atoms. The monoisotopic (exact) mass is 472 g/mol. The second kappa shape index (κ2) is 9.55. The lowest BCUT2D eigenvalue weighted by Gasteiger charge is -2.28. The van der Waals surface area contributed by atoms with Crippen LogP contribution in [0.15, 0.2) is 65.1 Å². The zero-order valence-electron chi connectivity index (χ0n) is 19.2. The first-order chi connectivity index (χ1) is 17.0. The molecule has 5 rings (SSSR count). The van der Waals surface area contributed by atoms with Crippen LogP contribution in [0.2, 0.25) is 0 Å². The van der Waals surface area contributed by atoms with Crippen molar-refractivity contribution in [3.05, 3.63) is 81.9 Å². The predicted molar refractivity (Wildman–Crippen MR) is 133 cm³/mol. The van der Waals surface area contributed by atoms with E-state index in [2.05, 4.69) is 17.2 Å². The van der Waals surface area contributed by atoms with Gasteiger partial charge >= 0.3 is 0 Å². The Morgan fingerprint density at radius 2 is 1.86 bits per heavy atom. The highest BCUT2D eigenvalue weighted by molar-refractivity contribution is 6.05. The molecule has 1 amide bonds. The van der Waals surface area contributed by atoms with Crippen molar-refractivity contribution in [2.24, 2.45) is 0 Å². The summed E-state index contributed by atoms with van der Waals surface area (Å²) in [5, 5.41) is 14.5. The number of carbonyl (C=O) groups excluding carboxylic acids is 1. The Bertz CT molecular complexity index is 1390. The van der Waals surface area contributed by atoms with Crippen molar-refractivity contribution in [2.45, 2.75) is 13.3 Å². The summed E-state index contributed by atoms with van der Waals surface area (Å²) in [6.45, 7) is 4.25. The van der Waals surface area contributed by atoms with Crippen molar-refractivity contribution in [3.63, 3.8) is 0 Å². The first kappa shape index (κ1) is 22.5. The van der Waals surface area contributed by atoms with E-state index in [1.807, 2.05) is 29.2 Å². The topological polar surface area (TPSA) is 111 Å². The number of aromatic nitrogens is 1. The van der Waals surface area contributed by atoms with Gasteiger partial charge in [0.05, 0.1) is 18.1 Å². The number of hydrogen-bond acceptors (Lipinski definition) is 7. The number of amides is 1. The van der Waals surface area contributed by atoms with Crippen molar-refractivity contribution in [1.29, 1.82) is 0 Å². The Balaban J connectivity index is 1.36. The Hall–Kier alpha value is -4.24. The number of fused-ring (bicyclic) bond motifs is 1. The number of morpholine rings is 1. The van der Waals surface area contributed by atoms with E-state index in [0.29, 0.717) is 54.7 Å². The number of rotatable bonds is 6. The van der Waals surface area contributed by atoms with E-state index in [4.69, 9.17) is 9.15 Å². The second-order valence-corrected chi connectivity index (χ2v) is 8.27. The SMILES string of the molecule is CCc1ccc(-c2nc3cc(NC(=O)c4ccc(N5CCOCC5)c([N+](=O)[O-])c4)ccc3o2)cc1. The summed E-state index contributed by atoms with van der Waals surface area (Å²) < 4.78 is 11.2. The highest BCUT2D eigenvalue weighted by Crippen LogP contribution is 2.31. The standard InChI is InChI=1S/C26H24N4O5/c1-2-17-3-5-18(6-4-17)26-28-21-16-20(8-10-24(21)35-26)27-25(31)19-7-9-22(23(15-19)30(32)33)29-11-13-34-14-12-29/h3-10,15-16H,2,11-14H2,1H3,(H,27,31). The third kappa shape index (κ3) is 4.71. The number of anilines is 2. The summed E-state index contributed by atoms with van der Waals surface area (Å²) in [5.41, 5.74) is 4.40. The van der Waals surface area contributed by atoms with Crippen LogP contribution in [-0.4, -0.2) is 42.1 Å². The number of oxazole rings is 1. The number of nitrogens with one attached hydrogen (secondary N) is 1. The van der Waals surface area contributed by atoms with Gasteiger partial charge in [0.2, 0.25) is 5.89 Å². The molecule has 1 aromatic heterocycles. The van der Waals surface area contributed by atoms with Gasteiger partial charge < -0.3 is 19.4 Å². The third-order valence-electron chi connectivity index (χ3n) is 6.04. The maximum absolute atomic E-state index is 12.9. The molecule has 9 nitrogen and oxygen atoms in total. The van der Waals surface area contributed by atoms with E-state index in [1.165, 1.54) is 11.6 Å². The van der Waals surface area contributed by atoms with Gasteiger partial charge in [-0.05, 0) is 54.4 Å². The molecule has 1 N–H and O–H groups in total.